The maximum atomic E-state index is 10.3. The van der Waals surface area contributed by atoms with Crippen molar-refractivity contribution >= 4 is 5.97 Å². The van der Waals surface area contributed by atoms with Gasteiger partial charge in [-0.15, -0.1) is 0 Å². The highest BCUT2D eigenvalue weighted by atomic mass is 16.4. The summed E-state index contributed by atoms with van der Waals surface area (Å²) in [7, 11) is 0. The second-order valence-corrected chi connectivity index (χ2v) is 3.55. The van der Waals surface area contributed by atoms with Crippen molar-refractivity contribution in [3.8, 4) is 0 Å². The third kappa shape index (κ3) is 5.96. The fraction of sp³-hybridized carbons (Fsp3) is 0.700. The number of aliphatic carboxylic acids is 1. The number of hydrogen-bond acceptors (Lipinski definition) is 1. The fourth-order valence-corrected chi connectivity index (χ4v) is 0.998. The van der Waals surface area contributed by atoms with E-state index in [-0.39, 0.29) is 0 Å². The van der Waals surface area contributed by atoms with E-state index in [2.05, 4.69) is 20.4 Å². The molecule has 0 aliphatic heterocycles. The molecule has 0 bridgehead atoms. The molecule has 0 aliphatic carbocycles. The highest BCUT2D eigenvalue weighted by Gasteiger charge is 2.02. The molecule has 0 saturated carbocycles. The van der Waals surface area contributed by atoms with Gasteiger partial charge in [-0.1, -0.05) is 33.3 Å². The van der Waals surface area contributed by atoms with Crippen LogP contribution in [0.3, 0.4) is 0 Å². The Morgan fingerprint density at radius 1 is 1.42 bits per heavy atom. The lowest BCUT2D eigenvalue weighted by Crippen LogP contribution is -1.98. The molecule has 2 heteroatoms. The third-order valence-corrected chi connectivity index (χ3v) is 1.81. The van der Waals surface area contributed by atoms with E-state index in [1.54, 1.807) is 0 Å². The van der Waals surface area contributed by atoms with Gasteiger partial charge in [0.2, 0.25) is 0 Å². The summed E-state index contributed by atoms with van der Waals surface area (Å²) in [5.41, 5.74) is 0.332. The molecule has 0 aliphatic rings. The van der Waals surface area contributed by atoms with Crippen LogP contribution in [0.25, 0.3) is 0 Å². The first-order chi connectivity index (χ1) is 5.54. The Labute approximate surface area is 74.3 Å². The minimum atomic E-state index is -0.862. The van der Waals surface area contributed by atoms with Gasteiger partial charge in [0, 0.05) is 5.57 Å². The summed E-state index contributed by atoms with van der Waals surface area (Å²) in [6, 6.07) is 0. The molecule has 0 fully saturated rings. The van der Waals surface area contributed by atoms with Crippen LogP contribution in [0.2, 0.25) is 0 Å². The first-order valence-corrected chi connectivity index (χ1v) is 4.45. The Hall–Kier alpha value is -0.790. The summed E-state index contributed by atoms with van der Waals surface area (Å²) in [4.78, 5) is 10.3. The van der Waals surface area contributed by atoms with E-state index < -0.39 is 5.97 Å². The zero-order valence-corrected chi connectivity index (χ0v) is 7.97. The van der Waals surface area contributed by atoms with E-state index in [1.807, 2.05) is 0 Å². The second-order valence-electron chi connectivity index (χ2n) is 3.55. The van der Waals surface area contributed by atoms with Gasteiger partial charge >= 0.3 is 5.97 Å². The Bertz CT molecular complexity index is 159. The summed E-state index contributed by atoms with van der Waals surface area (Å²) >= 11 is 0. The highest BCUT2D eigenvalue weighted by Crippen LogP contribution is 2.11. The van der Waals surface area contributed by atoms with Crippen LogP contribution in [0, 0.1) is 5.92 Å². The van der Waals surface area contributed by atoms with Gasteiger partial charge < -0.3 is 5.11 Å². The lowest BCUT2D eigenvalue weighted by molar-refractivity contribution is -0.132. The molecular formula is C10H18O2. The lowest BCUT2D eigenvalue weighted by Gasteiger charge is -2.03. The maximum absolute atomic E-state index is 10.3. The molecule has 70 valence electrons. The van der Waals surface area contributed by atoms with E-state index in [9.17, 15) is 4.79 Å². The number of hydrogen-bond donors (Lipinski definition) is 1. The smallest absolute Gasteiger partial charge is 0.330 e. The normalized spacial score (nSPS) is 10.2. The average Bonchev–Trinajstić information content (AvgIpc) is 1.97. The first kappa shape index (κ1) is 11.2. The van der Waals surface area contributed by atoms with Crippen molar-refractivity contribution in [2.45, 2.75) is 39.5 Å². The molecule has 0 atom stereocenters. The van der Waals surface area contributed by atoms with Gasteiger partial charge in [-0.25, -0.2) is 4.79 Å². The number of rotatable bonds is 6. The van der Waals surface area contributed by atoms with Gasteiger partial charge in [-0.05, 0) is 18.8 Å². The van der Waals surface area contributed by atoms with Crippen LogP contribution in [0.4, 0.5) is 0 Å². The van der Waals surface area contributed by atoms with E-state index in [1.165, 1.54) is 6.42 Å². The summed E-state index contributed by atoms with van der Waals surface area (Å²) in [6.45, 7) is 7.82. The molecule has 1 N–H and O–H groups in total. The number of carboxylic acids is 1. The molecule has 0 rings (SSSR count). The van der Waals surface area contributed by atoms with Crippen LogP contribution in [0.1, 0.15) is 39.5 Å². The molecular weight excluding hydrogens is 152 g/mol. The monoisotopic (exact) mass is 170 g/mol. The van der Waals surface area contributed by atoms with Crippen molar-refractivity contribution in [3.63, 3.8) is 0 Å². The molecule has 0 aromatic carbocycles. The van der Waals surface area contributed by atoms with Gasteiger partial charge in [0.25, 0.3) is 0 Å². The van der Waals surface area contributed by atoms with Crippen LogP contribution in [0.15, 0.2) is 12.2 Å². The summed E-state index contributed by atoms with van der Waals surface area (Å²) in [6.07, 6.45) is 3.85. The molecule has 0 heterocycles. The quantitative estimate of drug-likeness (QED) is 0.491. The maximum Gasteiger partial charge on any atom is 0.330 e. The molecule has 0 saturated heterocycles. The van der Waals surface area contributed by atoms with Crippen molar-refractivity contribution in [2.24, 2.45) is 5.92 Å². The van der Waals surface area contributed by atoms with Gasteiger partial charge in [0.1, 0.15) is 0 Å². The molecule has 0 aromatic heterocycles. The Morgan fingerprint density at radius 2 is 2.00 bits per heavy atom. The topological polar surface area (TPSA) is 37.3 Å². The van der Waals surface area contributed by atoms with Gasteiger partial charge in [-0.2, -0.15) is 0 Å². The van der Waals surface area contributed by atoms with E-state index >= 15 is 0 Å². The predicted octanol–water partition coefficient (Wildman–Crippen LogP) is 2.84. The van der Waals surface area contributed by atoms with Gasteiger partial charge in [0.15, 0.2) is 0 Å². The summed E-state index contributed by atoms with van der Waals surface area (Å²) < 4.78 is 0. The lowest BCUT2D eigenvalue weighted by atomic mass is 10.0. The minimum Gasteiger partial charge on any atom is -0.478 e. The third-order valence-electron chi connectivity index (χ3n) is 1.81. The van der Waals surface area contributed by atoms with Crippen LogP contribution < -0.4 is 0 Å². The van der Waals surface area contributed by atoms with E-state index in [4.69, 9.17) is 5.11 Å². The van der Waals surface area contributed by atoms with E-state index in [0.717, 1.165) is 12.8 Å². The van der Waals surface area contributed by atoms with Crippen molar-refractivity contribution in [1.29, 1.82) is 0 Å². The molecule has 0 unspecified atom stereocenters. The number of carbonyl (C=O) groups is 1. The number of carboxylic acid groups (broad SMARTS) is 1. The zero-order chi connectivity index (χ0) is 9.56. The molecule has 12 heavy (non-hydrogen) atoms. The number of unbranched alkanes of at least 4 members (excludes halogenated alkanes) is 1. The average molecular weight is 170 g/mol. The largest absolute Gasteiger partial charge is 0.478 e. The molecule has 0 amide bonds. The zero-order valence-electron chi connectivity index (χ0n) is 7.97. The van der Waals surface area contributed by atoms with Crippen molar-refractivity contribution in [2.75, 3.05) is 0 Å². The SMILES string of the molecule is C=C(CCCCC(C)C)C(=O)O. The van der Waals surface area contributed by atoms with Crippen molar-refractivity contribution in [3.05, 3.63) is 12.2 Å². The van der Waals surface area contributed by atoms with Crippen LogP contribution in [-0.2, 0) is 4.79 Å². The standard InChI is InChI=1S/C10H18O2/c1-8(2)6-4-5-7-9(3)10(11)12/h8H,3-7H2,1-2H3,(H,11,12). The van der Waals surface area contributed by atoms with Crippen LogP contribution in [-0.4, -0.2) is 11.1 Å². The summed E-state index contributed by atoms with van der Waals surface area (Å²) in [5.74, 6) is -0.150. The molecule has 0 radical (unpaired) electrons. The van der Waals surface area contributed by atoms with Crippen molar-refractivity contribution in [1.82, 2.24) is 0 Å². The van der Waals surface area contributed by atoms with Crippen LogP contribution >= 0.6 is 0 Å². The molecule has 0 spiro atoms. The molecule has 0 aromatic rings. The highest BCUT2D eigenvalue weighted by molar-refractivity contribution is 5.85. The Kier molecular flexibility index (Phi) is 5.43. The minimum absolute atomic E-state index is 0.332. The Balaban J connectivity index is 3.32. The predicted molar refractivity (Wildman–Crippen MR) is 50.1 cm³/mol. The Morgan fingerprint density at radius 3 is 2.42 bits per heavy atom. The van der Waals surface area contributed by atoms with Gasteiger partial charge in [0.05, 0.1) is 0 Å². The van der Waals surface area contributed by atoms with Crippen LogP contribution in [0.5, 0.6) is 0 Å². The van der Waals surface area contributed by atoms with Crippen molar-refractivity contribution < 1.29 is 9.90 Å². The second kappa shape index (κ2) is 5.81. The fourth-order valence-electron chi connectivity index (χ4n) is 0.998. The first-order valence-electron chi connectivity index (χ1n) is 4.45. The van der Waals surface area contributed by atoms with Gasteiger partial charge in [-0.3, -0.25) is 0 Å². The summed E-state index contributed by atoms with van der Waals surface area (Å²) in [5, 5.41) is 8.49. The van der Waals surface area contributed by atoms with E-state index in [0.29, 0.717) is 17.9 Å². The molecule has 2 nitrogen and oxygen atoms in total.